The highest BCUT2D eigenvalue weighted by Gasteiger charge is 2.54. The standard InChI is InChI=1S/C15H32N4/c16-10-12-5-4-6-14(9-12,11-17)15(13(18)19)7-2-1-3-8-15/h12-13H,1-11,16-19H2. The van der Waals surface area contributed by atoms with Crippen molar-refractivity contribution in [3.8, 4) is 0 Å². The van der Waals surface area contributed by atoms with Gasteiger partial charge in [0, 0.05) is 5.41 Å². The highest BCUT2D eigenvalue weighted by atomic mass is 14.9. The van der Waals surface area contributed by atoms with Crippen LogP contribution >= 0.6 is 0 Å². The molecule has 0 heterocycles. The number of rotatable bonds is 4. The molecular formula is C15H32N4. The fourth-order valence-corrected chi connectivity index (χ4v) is 4.93. The van der Waals surface area contributed by atoms with Gasteiger partial charge >= 0.3 is 0 Å². The van der Waals surface area contributed by atoms with Crippen molar-refractivity contribution in [3.63, 3.8) is 0 Å². The van der Waals surface area contributed by atoms with E-state index in [0.29, 0.717) is 12.5 Å². The highest BCUT2D eigenvalue weighted by Crippen LogP contribution is 2.57. The lowest BCUT2D eigenvalue weighted by Crippen LogP contribution is -2.62. The van der Waals surface area contributed by atoms with E-state index in [2.05, 4.69) is 0 Å². The van der Waals surface area contributed by atoms with Gasteiger partial charge in [0.05, 0.1) is 6.17 Å². The zero-order valence-corrected chi connectivity index (χ0v) is 12.2. The van der Waals surface area contributed by atoms with Crippen LogP contribution in [0.2, 0.25) is 0 Å². The summed E-state index contributed by atoms with van der Waals surface area (Å²) in [5, 5.41) is 0. The molecule has 0 amide bonds. The van der Waals surface area contributed by atoms with Crippen molar-refractivity contribution in [1.82, 2.24) is 0 Å². The monoisotopic (exact) mass is 268 g/mol. The predicted molar refractivity (Wildman–Crippen MR) is 80.2 cm³/mol. The molecule has 4 heteroatoms. The molecule has 2 atom stereocenters. The van der Waals surface area contributed by atoms with Crippen molar-refractivity contribution in [1.29, 1.82) is 0 Å². The number of nitrogens with two attached hydrogens (primary N) is 4. The molecule has 0 aromatic rings. The lowest BCUT2D eigenvalue weighted by molar-refractivity contribution is -0.0595. The molecule has 0 aliphatic heterocycles. The van der Waals surface area contributed by atoms with Gasteiger partial charge in [0.1, 0.15) is 0 Å². The lowest BCUT2D eigenvalue weighted by atomic mass is 9.49. The Labute approximate surface area is 117 Å². The average Bonchev–Trinajstić information content (AvgIpc) is 2.47. The summed E-state index contributed by atoms with van der Waals surface area (Å²) in [6, 6.07) is 0. The third-order valence-corrected chi connectivity index (χ3v) is 6.11. The molecule has 0 radical (unpaired) electrons. The molecule has 19 heavy (non-hydrogen) atoms. The van der Waals surface area contributed by atoms with Crippen LogP contribution < -0.4 is 22.9 Å². The van der Waals surface area contributed by atoms with Gasteiger partial charge in [-0.2, -0.15) is 0 Å². The third-order valence-electron chi connectivity index (χ3n) is 6.11. The van der Waals surface area contributed by atoms with E-state index in [1.165, 1.54) is 38.5 Å². The van der Waals surface area contributed by atoms with Gasteiger partial charge in [0.2, 0.25) is 0 Å². The molecule has 2 unspecified atom stereocenters. The smallest absolute Gasteiger partial charge is 0.0584 e. The van der Waals surface area contributed by atoms with Crippen LogP contribution in [0, 0.1) is 16.7 Å². The zero-order chi connectivity index (χ0) is 13.9. The summed E-state index contributed by atoms with van der Waals surface area (Å²) in [7, 11) is 0. The van der Waals surface area contributed by atoms with Gasteiger partial charge in [-0.1, -0.05) is 25.7 Å². The van der Waals surface area contributed by atoms with Crippen LogP contribution in [0.3, 0.4) is 0 Å². The largest absolute Gasteiger partial charge is 0.330 e. The molecule has 0 spiro atoms. The summed E-state index contributed by atoms with van der Waals surface area (Å²) in [6.07, 6.45) is 10.7. The molecule has 4 nitrogen and oxygen atoms in total. The van der Waals surface area contributed by atoms with Crippen molar-refractivity contribution in [2.75, 3.05) is 13.1 Å². The van der Waals surface area contributed by atoms with Crippen LogP contribution in [0.5, 0.6) is 0 Å². The van der Waals surface area contributed by atoms with E-state index in [1.807, 2.05) is 0 Å². The minimum atomic E-state index is -0.243. The highest BCUT2D eigenvalue weighted by molar-refractivity contribution is 5.06. The van der Waals surface area contributed by atoms with Gasteiger partial charge in [-0.05, 0) is 56.5 Å². The molecule has 0 aromatic heterocycles. The van der Waals surface area contributed by atoms with Crippen molar-refractivity contribution < 1.29 is 0 Å². The molecule has 2 aliphatic rings. The third kappa shape index (κ3) is 2.56. The fraction of sp³-hybridized carbons (Fsp3) is 1.00. The normalized spacial score (nSPS) is 35.5. The maximum atomic E-state index is 6.27. The first-order valence-corrected chi connectivity index (χ1v) is 8.01. The molecule has 8 N–H and O–H groups in total. The van der Waals surface area contributed by atoms with Crippen LogP contribution in [0.4, 0.5) is 0 Å². The summed E-state index contributed by atoms with van der Waals surface area (Å²) in [5.41, 5.74) is 24.9. The molecule has 0 bridgehead atoms. The second-order valence-electron chi connectivity index (χ2n) is 6.93. The van der Waals surface area contributed by atoms with Crippen molar-refractivity contribution in [2.24, 2.45) is 39.7 Å². The van der Waals surface area contributed by atoms with Crippen molar-refractivity contribution >= 4 is 0 Å². The second-order valence-corrected chi connectivity index (χ2v) is 6.93. The van der Waals surface area contributed by atoms with Crippen LogP contribution in [-0.4, -0.2) is 19.3 Å². The van der Waals surface area contributed by atoms with Gasteiger partial charge in [0.15, 0.2) is 0 Å². The number of hydrogen-bond donors (Lipinski definition) is 4. The number of hydrogen-bond acceptors (Lipinski definition) is 4. The zero-order valence-electron chi connectivity index (χ0n) is 12.2. The van der Waals surface area contributed by atoms with E-state index in [1.54, 1.807) is 0 Å². The predicted octanol–water partition coefficient (Wildman–Crippen LogP) is 1.27. The van der Waals surface area contributed by atoms with E-state index in [9.17, 15) is 0 Å². The Morgan fingerprint density at radius 2 is 1.63 bits per heavy atom. The molecule has 2 fully saturated rings. The molecule has 0 aromatic carbocycles. The second kappa shape index (κ2) is 6.08. The topological polar surface area (TPSA) is 104 Å². The van der Waals surface area contributed by atoms with Crippen LogP contribution in [0.25, 0.3) is 0 Å². The van der Waals surface area contributed by atoms with E-state index in [0.717, 1.165) is 25.8 Å². The maximum Gasteiger partial charge on any atom is 0.0584 e. The molecule has 2 saturated carbocycles. The van der Waals surface area contributed by atoms with Gasteiger partial charge < -0.3 is 22.9 Å². The Balaban J connectivity index is 2.30. The summed E-state index contributed by atoms with van der Waals surface area (Å²) >= 11 is 0. The van der Waals surface area contributed by atoms with Crippen molar-refractivity contribution in [2.45, 2.75) is 64.0 Å². The quantitative estimate of drug-likeness (QED) is 0.576. The van der Waals surface area contributed by atoms with Gasteiger partial charge in [-0.15, -0.1) is 0 Å². The van der Waals surface area contributed by atoms with Gasteiger partial charge in [0.25, 0.3) is 0 Å². The van der Waals surface area contributed by atoms with E-state index >= 15 is 0 Å². The Kier molecular flexibility index (Phi) is 4.88. The van der Waals surface area contributed by atoms with E-state index in [-0.39, 0.29) is 17.0 Å². The summed E-state index contributed by atoms with van der Waals surface area (Å²) in [4.78, 5) is 0. The molecule has 0 saturated heterocycles. The Bertz CT molecular complexity index is 286. The first kappa shape index (κ1) is 15.2. The SMILES string of the molecule is NCC1CCCC(CN)(C2(C(N)N)CCCCC2)C1. The Morgan fingerprint density at radius 1 is 0.947 bits per heavy atom. The molecule has 2 rings (SSSR count). The average molecular weight is 268 g/mol. The lowest BCUT2D eigenvalue weighted by Gasteiger charge is -2.57. The Morgan fingerprint density at radius 3 is 2.16 bits per heavy atom. The summed E-state index contributed by atoms with van der Waals surface area (Å²) in [5.74, 6) is 0.606. The van der Waals surface area contributed by atoms with Crippen molar-refractivity contribution in [3.05, 3.63) is 0 Å². The summed E-state index contributed by atoms with van der Waals surface area (Å²) in [6.45, 7) is 1.49. The van der Waals surface area contributed by atoms with Crippen LogP contribution in [0.15, 0.2) is 0 Å². The fourth-order valence-electron chi connectivity index (χ4n) is 4.93. The maximum absolute atomic E-state index is 6.27. The minimum absolute atomic E-state index is 0.0494. The molecule has 112 valence electrons. The molecular weight excluding hydrogens is 236 g/mol. The summed E-state index contributed by atoms with van der Waals surface area (Å²) < 4.78 is 0. The minimum Gasteiger partial charge on any atom is -0.330 e. The van der Waals surface area contributed by atoms with Crippen LogP contribution in [0.1, 0.15) is 57.8 Å². The first-order chi connectivity index (χ1) is 9.10. The van der Waals surface area contributed by atoms with E-state index < -0.39 is 0 Å². The molecule has 2 aliphatic carbocycles. The first-order valence-electron chi connectivity index (χ1n) is 8.01. The van der Waals surface area contributed by atoms with Gasteiger partial charge in [-0.25, -0.2) is 0 Å². The Hall–Kier alpha value is -0.160. The van der Waals surface area contributed by atoms with Crippen LogP contribution in [-0.2, 0) is 0 Å². The van der Waals surface area contributed by atoms with E-state index in [4.69, 9.17) is 22.9 Å². The van der Waals surface area contributed by atoms with Gasteiger partial charge in [-0.3, -0.25) is 0 Å².